The van der Waals surface area contributed by atoms with E-state index in [1.165, 1.54) is 25.7 Å². The average molecular weight is 248 g/mol. The van der Waals surface area contributed by atoms with Crippen molar-refractivity contribution < 1.29 is 9.84 Å². The molecule has 2 heteroatoms. The molecule has 2 nitrogen and oxygen atoms in total. The van der Waals surface area contributed by atoms with Gasteiger partial charge in [0.25, 0.3) is 0 Å². The molecule has 0 aliphatic heterocycles. The Morgan fingerprint density at radius 3 is 2.39 bits per heavy atom. The van der Waals surface area contributed by atoms with Crippen molar-refractivity contribution in [1.82, 2.24) is 0 Å². The summed E-state index contributed by atoms with van der Waals surface area (Å²) in [6.07, 6.45) is 7.18. The predicted molar refractivity (Wildman–Crippen MR) is 73.9 cm³/mol. The van der Waals surface area contributed by atoms with E-state index in [1.54, 1.807) is 7.11 Å². The van der Waals surface area contributed by atoms with Crippen LogP contribution in [-0.4, -0.2) is 12.2 Å². The summed E-state index contributed by atoms with van der Waals surface area (Å²) in [7, 11) is 1.68. The fourth-order valence-corrected chi connectivity index (χ4v) is 2.98. The third-order valence-electron chi connectivity index (χ3n) is 4.11. The van der Waals surface area contributed by atoms with Crippen LogP contribution in [0.15, 0.2) is 18.2 Å². The molecule has 2 rings (SSSR count). The van der Waals surface area contributed by atoms with Crippen molar-refractivity contribution in [3.63, 3.8) is 0 Å². The van der Waals surface area contributed by atoms with Crippen LogP contribution in [0.1, 0.15) is 55.8 Å². The fraction of sp³-hybridized carbons (Fsp3) is 0.625. The second kappa shape index (κ2) is 6.24. The first-order valence-corrected chi connectivity index (χ1v) is 7.05. The van der Waals surface area contributed by atoms with E-state index in [4.69, 9.17) is 4.74 Å². The van der Waals surface area contributed by atoms with Crippen LogP contribution < -0.4 is 4.74 Å². The number of hydrogen-bond donors (Lipinski definition) is 1. The van der Waals surface area contributed by atoms with Crippen LogP contribution in [0.5, 0.6) is 5.75 Å². The third-order valence-corrected chi connectivity index (χ3v) is 4.11. The van der Waals surface area contributed by atoms with E-state index in [-0.39, 0.29) is 6.10 Å². The Hall–Kier alpha value is -1.02. The molecule has 1 N–H and O–H groups in total. The van der Waals surface area contributed by atoms with Gasteiger partial charge in [-0.25, -0.2) is 0 Å². The van der Waals surface area contributed by atoms with Crippen LogP contribution in [0, 0.1) is 12.8 Å². The summed E-state index contributed by atoms with van der Waals surface area (Å²) in [5.41, 5.74) is 2.14. The summed E-state index contributed by atoms with van der Waals surface area (Å²) in [5, 5.41) is 10.5. The predicted octanol–water partition coefficient (Wildman–Crippen LogP) is 4.01. The molecule has 0 radical (unpaired) electrons. The fourth-order valence-electron chi connectivity index (χ4n) is 2.98. The average Bonchev–Trinajstić information content (AvgIpc) is 2.66. The van der Waals surface area contributed by atoms with E-state index >= 15 is 0 Å². The molecular weight excluding hydrogens is 224 g/mol. The van der Waals surface area contributed by atoms with Crippen molar-refractivity contribution in [2.45, 2.75) is 51.6 Å². The summed E-state index contributed by atoms with van der Waals surface area (Å²) in [6, 6.07) is 6.03. The third kappa shape index (κ3) is 3.05. The number of benzene rings is 1. The van der Waals surface area contributed by atoms with Gasteiger partial charge in [-0.2, -0.15) is 0 Å². The van der Waals surface area contributed by atoms with E-state index < -0.39 is 0 Å². The Bertz CT molecular complexity index is 379. The van der Waals surface area contributed by atoms with Gasteiger partial charge >= 0.3 is 0 Å². The number of hydrogen-bond acceptors (Lipinski definition) is 2. The molecule has 1 fully saturated rings. The highest BCUT2D eigenvalue weighted by Crippen LogP contribution is 2.34. The van der Waals surface area contributed by atoms with Gasteiger partial charge in [0, 0.05) is 0 Å². The molecule has 1 aromatic carbocycles. The van der Waals surface area contributed by atoms with Crippen LogP contribution >= 0.6 is 0 Å². The van der Waals surface area contributed by atoms with Gasteiger partial charge in [0.1, 0.15) is 5.75 Å². The van der Waals surface area contributed by atoms with Gasteiger partial charge in [-0.05, 0) is 48.9 Å². The van der Waals surface area contributed by atoms with Crippen molar-refractivity contribution in [1.29, 1.82) is 0 Å². The molecule has 1 aliphatic rings. The van der Waals surface area contributed by atoms with Gasteiger partial charge in [0.2, 0.25) is 0 Å². The molecule has 0 bridgehead atoms. The van der Waals surface area contributed by atoms with Crippen LogP contribution in [0.4, 0.5) is 0 Å². The molecule has 1 atom stereocenters. The molecular formula is C16H24O2. The Balaban J connectivity index is 2.11. The summed E-state index contributed by atoms with van der Waals surface area (Å²) in [6.45, 7) is 2.03. The molecule has 100 valence electrons. The zero-order valence-corrected chi connectivity index (χ0v) is 11.5. The number of aliphatic hydroxyl groups excluding tert-OH is 1. The van der Waals surface area contributed by atoms with Crippen molar-refractivity contribution in [3.05, 3.63) is 29.3 Å². The normalized spacial score (nSPS) is 19.3. The summed E-state index contributed by atoms with van der Waals surface area (Å²) in [4.78, 5) is 0. The largest absolute Gasteiger partial charge is 0.496 e. The topological polar surface area (TPSA) is 29.5 Å². The first-order chi connectivity index (χ1) is 8.72. The maximum atomic E-state index is 10.5. The number of aryl methyl sites for hydroxylation is 1. The van der Waals surface area contributed by atoms with Crippen LogP contribution in [0.25, 0.3) is 0 Å². The standard InChI is InChI=1S/C16H24O2/c1-12-11-14(9-10-15(12)18-2)16(17)13-7-5-3-4-6-8-13/h9-11,13,16-17H,3-8H2,1-2H3. The quantitative estimate of drug-likeness (QED) is 0.819. The summed E-state index contributed by atoms with van der Waals surface area (Å²) in [5.74, 6) is 1.33. The lowest BCUT2D eigenvalue weighted by Gasteiger charge is -2.22. The van der Waals surface area contributed by atoms with Crippen molar-refractivity contribution >= 4 is 0 Å². The highest BCUT2D eigenvalue weighted by Gasteiger charge is 2.22. The van der Waals surface area contributed by atoms with Crippen molar-refractivity contribution in [3.8, 4) is 5.75 Å². The van der Waals surface area contributed by atoms with E-state index in [1.807, 2.05) is 19.1 Å². The molecule has 1 aromatic rings. The maximum Gasteiger partial charge on any atom is 0.121 e. The lowest BCUT2D eigenvalue weighted by atomic mass is 9.89. The lowest BCUT2D eigenvalue weighted by molar-refractivity contribution is 0.0987. The molecule has 0 spiro atoms. The zero-order valence-electron chi connectivity index (χ0n) is 11.5. The number of rotatable bonds is 3. The first-order valence-electron chi connectivity index (χ1n) is 7.05. The molecule has 1 saturated carbocycles. The minimum atomic E-state index is -0.312. The van der Waals surface area contributed by atoms with Crippen LogP contribution in [0.2, 0.25) is 0 Å². The van der Waals surface area contributed by atoms with Gasteiger partial charge < -0.3 is 9.84 Å². The van der Waals surface area contributed by atoms with E-state index in [2.05, 4.69) is 6.07 Å². The van der Waals surface area contributed by atoms with Gasteiger partial charge in [0.15, 0.2) is 0 Å². The monoisotopic (exact) mass is 248 g/mol. The minimum Gasteiger partial charge on any atom is -0.496 e. The first kappa shape index (κ1) is 13.4. The Morgan fingerprint density at radius 2 is 1.83 bits per heavy atom. The maximum absolute atomic E-state index is 10.5. The van der Waals surface area contributed by atoms with E-state index in [0.717, 1.165) is 29.7 Å². The molecule has 1 unspecified atom stereocenters. The van der Waals surface area contributed by atoms with Crippen LogP contribution in [-0.2, 0) is 0 Å². The molecule has 0 heterocycles. The summed E-state index contributed by atoms with van der Waals surface area (Å²) < 4.78 is 5.26. The second-order valence-electron chi connectivity index (χ2n) is 5.43. The van der Waals surface area contributed by atoms with Crippen LogP contribution in [0.3, 0.4) is 0 Å². The number of methoxy groups -OCH3 is 1. The van der Waals surface area contributed by atoms with Crippen molar-refractivity contribution in [2.24, 2.45) is 5.92 Å². The van der Waals surface area contributed by atoms with E-state index in [9.17, 15) is 5.11 Å². The number of ether oxygens (including phenoxy) is 1. The Morgan fingerprint density at radius 1 is 1.17 bits per heavy atom. The zero-order chi connectivity index (χ0) is 13.0. The second-order valence-corrected chi connectivity index (χ2v) is 5.43. The summed E-state index contributed by atoms with van der Waals surface area (Å²) >= 11 is 0. The van der Waals surface area contributed by atoms with E-state index in [0.29, 0.717) is 5.92 Å². The number of aliphatic hydroxyl groups is 1. The van der Waals surface area contributed by atoms with Crippen molar-refractivity contribution in [2.75, 3.05) is 7.11 Å². The minimum absolute atomic E-state index is 0.312. The molecule has 1 aliphatic carbocycles. The Labute approximate surface area is 110 Å². The van der Waals surface area contributed by atoms with Gasteiger partial charge in [-0.1, -0.05) is 31.7 Å². The molecule has 18 heavy (non-hydrogen) atoms. The highest BCUT2D eigenvalue weighted by atomic mass is 16.5. The Kier molecular flexibility index (Phi) is 4.65. The highest BCUT2D eigenvalue weighted by molar-refractivity contribution is 5.37. The van der Waals surface area contributed by atoms with Gasteiger partial charge in [0.05, 0.1) is 13.2 Å². The molecule has 0 saturated heterocycles. The molecule has 0 aromatic heterocycles. The SMILES string of the molecule is COc1ccc(C(O)C2CCCCCC2)cc1C. The smallest absolute Gasteiger partial charge is 0.121 e. The molecule has 0 amide bonds. The van der Waals surface area contributed by atoms with Gasteiger partial charge in [-0.15, -0.1) is 0 Å². The lowest BCUT2D eigenvalue weighted by Crippen LogP contribution is -2.12. The van der Waals surface area contributed by atoms with Gasteiger partial charge in [-0.3, -0.25) is 0 Å².